The molecule has 0 aliphatic heterocycles. The number of thiazole rings is 1. The van der Waals surface area contributed by atoms with Crippen molar-refractivity contribution in [2.75, 3.05) is 0 Å². The van der Waals surface area contributed by atoms with E-state index in [0.29, 0.717) is 11.3 Å². The third kappa shape index (κ3) is 3.32. The first-order chi connectivity index (χ1) is 8.56. The van der Waals surface area contributed by atoms with E-state index in [9.17, 15) is 14.4 Å². The highest BCUT2D eigenvalue weighted by Crippen LogP contribution is 2.25. The molecule has 0 fully saturated rings. The zero-order chi connectivity index (χ0) is 13.1. The highest BCUT2D eigenvalue weighted by atomic mass is 32.2. The Bertz CT molecular complexity index is 548. The number of aryl methyl sites for hydroxylation is 1. The molecule has 1 aromatic carbocycles. The lowest BCUT2D eigenvalue weighted by Crippen LogP contribution is -2.33. The molecule has 0 amide bonds. The monoisotopic (exact) mass is 283 g/mol. The molecule has 94 valence electrons. The van der Waals surface area contributed by atoms with E-state index in [0.717, 1.165) is 16.1 Å². The molecule has 3 nitrogen and oxygen atoms in total. The molecule has 1 aromatic heterocycles. The van der Waals surface area contributed by atoms with Gasteiger partial charge in [-0.25, -0.2) is 9.37 Å². The Morgan fingerprint density at radius 3 is 2.83 bits per heavy atom. The minimum absolute atomic E-state index is 0.204. The second-order valence-corrected chi connectivity index (χ2v) is 5.84. The van der Waals surface area contributed by atoms with Gasteiger partial charge in [-0.2, -0.15) is 0 Å². The smallest absolute Gasteiger partial charge is 0.423 e. The molecule has 0 unspecified atom stereocenters. The van der Waals surface area contributed by atoms with Crippen LogP contribution in [0.3, 0.4) is 0 Å². The number of halogens is 1. The molecule has 0 saturated carbocycles. The van der Waals surface area contributed by atoms with Gasteiger partial charge >= 0.3 is 7.12 Å². The Labute approximate surface area is 113 Å². The molecule has 7 heteroatoms. The van der Waals surface area contributed by atoms with E-state index in [-0.39, 0.29) is 5.46 Å². The van der Waals surface area contributed by atoms with Crippen LogP contribution in [0.4, 0.5) is 4.39 Å². The van der Waals surface area contributed by atoms with Gasteiger partial charge in [0, 0.05) is 16.8 Å². The minimum Gasteiger partial charge on any atom is -0.423 e. The summed E-state index contributed by atoms with van der Waals surface area (Å²) in [6, 6.07) is 4.03. The van der Waals surface area contributed by atoms with Crippen LogP contribution in [0.15, 0.2) is 27.9 Å². The van der Waals surface area contributed by atoms with E-state index >= 15 is 0 Å². The van der Waals surface area contributed by atoms with Gasteiger partial charge in [-0.1, -0.05) is 17.8 Å². The Hall–Kier alpha value is -0.885. The number of rotatable bonds is 4. The zero-order valence-corrected chi connectivity index (χ0v) is 11.3. The molecule has 2 aromatic rings. The summed E-state index contributed by atoms with van der Waals surface area (Å²) in [5.41, 5.74) is 1.86. The summed E-state index contributed by atoms with van der Waals surface area (Å²) in [4.78, 5) is 4.30. The lowest BCUT2D eigenvalue weighted by molar-refractivity contribution is 0.425. The summed E-state index contributed by atoms with van der Waals surface area (Å²) in [7, 11) is -1.66. The molecular weight excluding hydrogens is 272 g/mol. The van der Waals surface area contributed by atoms with E-state index in [4.69, 9.17) is 0 Å². The van der Waals surface area contributed by atoms with Crippen molar-refractivity contribution in [3.05, 3.63) is 40.7 Å². The van der Waals surface area contributed by atoms with Crippen molar-refractivity contribution < 1.29 is 14.4 Å². The summed E-state index contributed by atoms with van der Waals surface area (Å²) >= 11 is 3.03. The van der Waals surface area contributed by atoms with Crippen molar-refractivity contribution in [2.24, 2.45) is 0 Å². The first kappa shape index (κ1) is 13.5. The molecule has 2 N–H and O–H groups in total. The Morgan fingerprint density at radius 2 is 2.22 bits per heavy atom. The number of nitrogens with zero attached hydrogens (tertiary/aromatic N) is 1. The van der Waals surface area contributed by atoms with E-state index in [1.807, 2.05) is 12.3 Å². The van der Waals surface area contributed by atoms with Gasteiger partial charge < -0.3 is 10.0 Å². The normalized spacial score (nSPS) is 10.7. The average Bonchev–Trinajstić information content (AvgIpc) is 2.73. The van der Waals surface area contributed by atoms with Crippen LogP contribution >= 0.6 is 23.1 Å². The summed E-state index contributed by atoms with van der Waals surface area (Å²) < 4.78 is 13.9. The first-order valence-electron chi connectivity index (χ1n) is 5.25. The van der Waals surface area contributed by atoms with Gasteiger partial charge in [0.05, 0.1) is 0 Å². The van der Waals surface area contributed by atoms with Crippen LogP contribution in [-0.2, 0) is 5.75 Å². The number of thioether (sulfide) groups is 1. The number of aromatic nitrogens is 1. The van der Waals surface area contributed by atoms with Crippen molar-refractivity contribution >= 4 is 35.7 Å². The van der Waals surface area contributed by atoms with Crippen LogP contribution in [0, 0.1) is 12.7 Å². The van der Waals surface area contributed by atoms with Crippen LogP contribution < -0.4 is 5.46 Å². The van der Waals surface area contributed by atoms with Crippen LogP contribution in [0.25, 0.3) is 0 Å². The van der Waals surface area contributed by atoms with Crippen LogP contribution in [-0.4, -0.2) is 22.2 Å². The quantitative estimate of drug-likeness (QED) is 0.660. The van der Waals surface area contributed by atoms with Crippen LogP contribution in [0.5, 0.6) is 0 Å². The second-order valence-electron chi connectivity index (χ2n) is 3.76. The summed E-state index contributed by atoms with van der Waals surface area (Å²) in [6.45, 7) is 1.92. The Morgan fingerprint density at radius 1 is 1.44 bits per heavy atom. The molecule has 0 atom stereocenters. The van der Waals surface area contributed by atoms with Gasteiger partial charge in [0.1, 0.15) is 10.2 Å². The lowest BCUT2D eigenvalue weighted by atomic mass is 9.77. The highest BCUT2D eigenvalue weighted by Gasteiger charge is 2.17. The fourth-order valence-electron chi connectivity index (χ4n) is 1.48. The summed E-state index contributed by atoms with van der Waals surface area (Å²) in [5, 5.41) is 20.3. The highest BCUT2D eigenvalue weighted by molar-refractivity contribution is 8.00. The summed E-state index contributed by atoms with van der Waals surface area (Å²) in [5.74, 6) is 0.0529. The van der Waals surface area contributed by atoms with Crippen molar-refractivity contribution in [1.29, 1.82) is 0 Å². The number of benzene rings is 1. The molecular formula is C11H11BFNO2S2. The molecule has 0 saturated heterocycles. The fourth-order valence-corrected chi connectivity index (χ4v) is 3.34. The van der Waals surface area contributed by atoms with Gasteiger partial charge in [0.25, 0.3) is 0 Å². The predicted molar refractivity (Wildman–Crippen MR) is 72.6 cm³/mol. The predicted octanol–water partition coefficient (Wildman–Crippen LogP) is 1.56. The second kappa shape index (κ2) is 5.84. The van der Waals surface area contributed by atoms with Crippen molar-refractivity contribution in [1.82, 2.24) is 4.98 Å². The molecule has 1 heterocycles. The summed E-state index contributed by atoms with van der Waals surface area (Å²) in [6.07, 6.45) is 0. The van der Waals surface area contributed by atoms with Gasteiger partial charge in [-0.15, -0.1) is 11.3 Å². The van der Waals surface area contributed by atoms with Crippen molar-refractivity contribution in [3.63, 3.8) is 0 Å². The van der Waals surface area contributed by atoms with Gasteiger partial charge in [-0.3, -0.25) is 0 Å². The number of hydrogen-bond acceptors (Lipinski definition) is 5. The Kier molecular flexibility index (Phi) is 4.39. The van der Waals surface area contributed by atoms with E-state index in [1.54, 1.807) is 6.07 Å². The SMILES string of the molecule is Cc1csc(SCc2ccc(F)cc2B(O)O)n1. The Balaban J connectivity index is 2.13. The minimum atomic E-state index is -1.66. The maximum absolute atomic E-state index is 13.0. The standard InChI is InChI=1S/C11H11BFNO2S2/c1-7-5-17-11(14-7)18-6-8-2-3-9(13)4-10(8)12(15)16/h2-5,15-16H,6H2,1H3. The van der Waals surface area contributed by atoms with Crippen LogP contribution in [0.2, 0.25) is 0 Å². The molecule has 0 bridgehead atoms. The molecule has 0 aliphatic rings. The first-order valence-corrected chi connectivity index (χ1v) is 7.12. The van der Waals surface area contributed by atoms with E-state index in [1.165, 1.54) is 29.2 Å². The number of hydrogen-bond donors (Lipinski definition) is 2. The van der Waals surface area contributed by atoms with Crippen LogP contribution in [0.1, 0.15) is 11.3 Å². The third-order valence-electron chi connectivity index (χ3n) is 2.34. The topological polar surface area (TPSA) is 53.4 Å². The van der Waals surface area contributed by atoms with Crippen molar-refractivity contribution in [3.8, 4) is 0 Å². The maximum atomic E-state index is 13.0. The molecule has 0 spiro atoms. The maximum Gasteiger partial charge on any atom is 0.488 e. The largest absolute Gasteiger partial charge is 0.488 e. The van der Waals surface area contributed by atoms with Gasteiger partial charge in [0.15, 0.2) is 0 Å². The molecule has 18 heavy (non-hydrogen) atoms. The molecule has 0 aliphatic carbocycles. The lowest BCUT2D eigenvalue weighted by Gasteiger charge is -2.07. The third-order valence-corrected chi connectivity index (χ3v) is 4.52. The van der Waals surface area contributed by atoms with E-state index in [2.05, 4.69) is 4.98 Å². The average molecular weight is 283 g/mol. The van der Waals surface area contributed by atoms with Gasteiger partial charge in [-0.05, 0) is 30.1 Å². The molecule has 2 rings (SSSR count). The van der Waals surface area contributed by atoms with E-state index < -0.39 is 12.9 Å². The van der Waals surface area contributed by atoms with Gasteiger partial charge in [0.2, 0.25) is 0 Å². The molecule has 0 radical (unpaired) electrons. The fraction of sp³-hybridized carbons (Fsp3) is 0.182. The van der Waals surface area contributed by atoms with Crippen molar-refractivity contribution in [2.45, 2.75) is 17.0 Å². The zero-order valence-electron chi connectivity index (χ0n) is 9.63.